The number of hydrogen-bond donors (Lipinski definition) is 1. The zero-order valence-corrected chi connectivity index (χ0v) is 17.9. The van der Waals surface area contributed by atoms with E-state index in [9.17, 15) is 14.7 Å². The fraction of sp³-hybridized carbons (Fsp3) is 0.304. The van der Waals surface area contributed by atoms with Crippen LogP contribution in [0.2, 0.25) is 0 Å². The van der Waals surface area contributed by atoms with Crippen LogP contribution in [0.4, 0.5) is 0 Å². The van der Waals surface area contributed by atoms with E-state index in [0.29, 0.717) is 12.1 Å². The van der Waals surface area contributed by atoms with Gasteiger partial charge in [0.05, 0.1) is 11.6 Å². The first-order chi connectivity index (χ1) is 13.4. The van der Waals surface area contributed by atoms with Crippen molar-refractivity contribution in [2.45, 2.75) is 39.7 Å². The monoisotopic (exact) mass is 441 g/mol. The van der Waals surface area contributed by atoms with E-state index in [1.54, 1.807) is 11.0 Å². The van der Waals surface area contributed by atoms with Gasteiger partial charge in [0.2, 0.25) is 0 Å². The summed E-state index contributed by atoms with van der Waals surface area (Å²) in [7, 11) is 0. The number of likely N-dealkylation sites (tertiary alicyclic amines) is 1. The molecule has 0 radical (unpaired) electrons. The fourth-order valence-corrected chi connectivity index (χ4v) is 3.85. The molecular formula is C23H24BrNO3. The Morgan fingerprint density at radius 2 is 1.82 bits per heavy atom. The van der Waals surface area contributed by atoms with Crippen molar-refractivity contribution in [1.82, 2.24) is 4.90 Å². The summed E-state index contributed by atoms with van der Waals surface area (Å²) in [6, 6.07) is 12.5. The predicted molar refractivity (Wildman–Crippen MR) is 114 cm³/mol. The van der Waals surface area contributed by atoms with E-state index in [-0.39, 0.29) is 11.3 Å². The standard InChI is InChI=1S/C23H24BrNO3/c1-4-5-12-25-20(17-9-7-6-8-14(17)2)19(22(27)23(25)28)21(26)16-10-11-18(24)15(3)13-16/h6-11,13,20,26H,4-5,12H2,1-3H3/b21-19+. The van der Waals surface area contributed by atoms with E-state index in [0.717, 1.165) is 34.0 Å². The van der Waals surface area contributed by atoms with Gasteiger partial charge in [0, 0.05) is 16.6 Å². The molecule has 2 aromatic rings. The van der Waals surface area contributed by atoms with Crippen molar-refractivity contribution in [3.63, 3.8) is 0 Å². The van der Waals surface area contributed by atoms with Gasteiger partial charge in [-0.1, -0.05) is 59.6 Å². The van der Waals surface area contributed by atoms with Crippen LogP contribution in [0.15, 0.2) is 52.5 Å². The van der Waals surface area contributed by atoms with Gasteiger partial charge < -0.3 is 10.0 Å². The highest BCUT2D eigenvalue weighted by molar-refractivity contribution is 9.10. The van der Waals surface area contributed by atoms with Crippen molar-refractivity contribution in [2.75, 3.05) is 6.54 Å². The fourth-order valence-electron chi connectivity index (χ4n) is 3.60. The Labute approximate surface area is 174 Å². The van der Waals surface area contributed by atoms with Crippen molar-refractivity contribution in [3.8, 4) is 0 Å². The Hall–Kier alpha value is -2.40. The molecule has 1 heterocycles. The third-order valence-corrected chi connectivity index (χ3v) is 6.10. The molecular weight excluding hydrogens is 418 g/mol. The van der Waals surface area contributed by atoms with E-state index < -0.39 is 17.7 Å². The van der Waals surface area contributed by atoms with Crippen LogP contribution >= 0.6 is 15.9 Å². The normalized spacial score (nSPS) is 18.7. The van der Waals surface area contributed by atoms with Crippen LogP contribution in [-0.2, 0) is 9.59 Å². The summed E-state index contributed by atoms with van der Waals surface area (Å²) in [5, 5.41) is 11.1. The molecule has 0 aliphatic carbocycles. The molecule has 0 aromatic heterocycles. The van der Waals surface area contributed by atoms with Gasteiger partial charge in [-0.15, -0.1) is 0 Å². The lowest BCUT2D eigenvalue weighted by Gasteiger charge is -2.26. The highest BCUT2D eigenvalue weighted by Crippen LogP contribution is 2.40. The Morgan fingerprint density at radius 3 is 2.46 bits per heavy atom. The van der Waals surface area contributed by atoms with Crippen LogP contribution in [0.25, 0.3) is 5.76 Å². The number of amides is 1. The average molecular weight is 442 g/mol. The van der Waals surface area contributed by atoms with E-state index >= 15 is 0 Å². The van der Waals surface area contributed by atoms with Gasteiger partial charge in [-0.05, 0) is 49.1 Å². The zero-order chi connectivity index (χ0) is 20.4. The molecule has 2 aromatic carbocycles. The van der Waals surface area contributed by atoms with E-state index in [1.165, 1.54) is 0 Å². The van der Waals surface area contributed by atoms with Crippen LogP contribution in [-0.4, -0.2) is 28.2 Å². The molecule has 5 heteroatoms. The molecule has 0 bridgehead atoms. The molecule has 146 valence electrons. The number of benzene rings is 2. The molecule has 1 aliphatic heterocycles. The predicted octanol–water partition coefficient (Wildman–Crippen LogP) is 5.29. The van der Waals surface area contributed by atoms with Gasteiger partial charge in [0.25, 0.3) is 11.7 Å². The van der Waals surface area contributed by atoms with Gasteiger partial charge >= 0.3 is 0 Å². The lowest BCUT2D eigenvalue weighted by molar-refractivity contribution is -0.139. The Kier molecular flexibility index (Phi) is 6.04. The molecule has 1 saturated heterocycles. The molecule has 1 N–H and O–H groups in total. The number of aliphatic hydroxyl groups excluding tert-OH is 1. The Balaban J connectivity index is 2.20. The minimum absolute atomic E-state index is 0.124. The topological polar surface area (TPSA) is 57.6 Å². The maximum atomic E-state index is 12.9. The molecule has 0 saturated carbocycles. The molecule has 1 amide bonds. The second-order valence-electron chi connectivity index (χ2n) is 7.17. The molecule has 1 fully saturated rings. The minimum Gasteiger partial charge on any atom is -0.507 e. The average Bonchev–Trinajstić information content (AvgIpc) is 2.92. The van der Waals surface area contributed by atoms with Crippen LogP contribution in [0.3, 0.4) is 0 Å². The summed E-state index contributed by atoms with van der Waals surface area (Å²) in [4.78, 5) is 27.3. The molecule has 1 unspecified atom stereocenters. The van der Waals surface area contributed by atoms with Crippen molar-refractivity contribution in [1.29, 1.82) is 0 Å². The van der Waals surface area contributed by atoms with Gasteiger partial charge in [0.1, 0.15) is 5.76 Å². The number of halogens is 1. The third kappa shape index (κ3) is 3.63. The maximum Gasteiger partial charge on any atom is 0.295 e. The van der Waals surface area contributed by atoms with Crippen LogP contribution in [0.1, 0.15) is 48.1 Å². The summed E-state index contributed by atoms with van der Waals surface area (Å²) in [5.41, 5.74) is 3.49. The number of rotatable bonds is 5. The van der Waals surface area contributed by atoms with E-state index in [1.807, 2.05) is 57.2 Å². The summed E-state index contributed by atoms with van der Waals surface area (Å²) >= 11 is 3.45. The molecule has 3 rings (SSSR count). The number of carbonyl (C=O) groups is 2. The zero-order valence-electron chi connectivity index (χ0n) is 16.3. The molecule has 0 spiro atoms. The highest BCUT2D eigenvalue weighted by Gasteiger charge is 2.46. The molecule has 1 atom stereocenters. The number of hydrogen-bond acceptors (Lipinski definition) is 3. The third-order valence-electron chi connectivity index (χ3n) is 5.21. The number of carbonyl (C=O) groups excluding carboxylic acids is 2. The van der Waals surface area contributed by atoms with Gasteiger partial charge in [0.15, 0.2) is 0 Å². The quantitative estimate of drug-likeness (QED) is 0.389. The van der Waals surface area contributed by atoms with Crippen molar-refractivity contribution >= 4 is 33.4 Å². The van der Waals surface area contributed by atoms with Crippen molar-refractivity contribution in [3.05, 3.63) is 74.8 Å². The molecule has 1 aliphatic rings. The number of ketones is 1. The van der Waals surface area contributed by atoms with Crippen LogP contribution in [0.5, 0.6) is 0 Å². The molecule has 4 nitrogen and oxygen atoms in total. The first-order valence-corrected chi connectivity index (χ1v) is 10.3. The first kappa shape index (κ1) is 20.3. The highest BCUT2D eigenvalue weighted by atomic mass is 79.9. The summed E-state index contributed by atoms with van der Waals surface area (Å²) < 4.78 is 0.919. The maximum absolute atomic E-state index is 12.9. The smallest absolute Gasteiger partial charge is 0.295 e. The van der Waals surface area contributed by atoms with Crippen molar-refractivity contribution < 1.29 is 14.7 Å². The minimum atomic E-state index is -0.623. The van der Waals surface area contributed by atoms with E-state index in [2.05, 4.69) is 15.9 Å². The lowest BCUT2D eigenvalue weighted by atomic mass is 9.92. The Morgan fingerprint density at radius 1 is 1.11 bits per heavy atom. The Bertz CT molecular complexity index is 964. The second-order valence-corrected chi connectivity index (χ2v) is 8.02. The lowest BCUT2D eigenvalue weighted by Crippen LogP contribution is -2.30. The van der Waals surface area contributed by atoms with Gasteiger partial charge in [-0.25, -0.2) is 0 Å². The van der Waals surface area contributed by atoms with Crippen LogP contribution < -0.4 is 0 Å². The largest absolute Gasteiger partial charge is 0.507 e. The van der Waals surface area contributed by atoms with Crippen molar-refractivity contribution in [2.24, 2.45) is 0 Å². The first-order valence-electron chi connectivity index (χ1n) is 9.47. The van der Waals surface area contributed by atoms with E-state index in [4.69, 9.17) is 0 Å². The number of unbranched alkanes of at least 4 members (excludes halogenated alkanes) is 1. The SMILES string of the molecule is CCCCN1C(=O)C(=O)/C(=C(/O)c2ccc(Br)c(C)c2)C1c1ccccc1C. The summed E-state index contributed by atoms with van der Waals surface area (Å²) in [5.74, 6) is -1.29. The van der Waals surface area contributed by atoms with Gasteiger partial charge in [-0.3, -0.25) is 9.59 Å². The van der Waals surface area contributed by atoms with Crippen LogP contribution in [0, 0.1) is 13.8 Å². The number of nitrogens with zero attached hydrogens (tertiary/aromatic N) is 1. The second kappa shape index (κ2) is 8.31. The number of aryl methyl sites for hydroxylation is 2. The number of aliphatic hydroxyl groups is 1. The summed E-state index contributed by atoms with van der Waals surface area (Å²) in [6.07, 6.45) is 1.71. The van der Waals surface area contributed by atoms with Gasteiger partial charge in [-0.2, -0.15) is 0 Å². The summed E-state index contributed by atoms with van der Waals surface area (Å²) in [6.45, 7) is 6.40. The number of Topliss-reactive ketones (excluding diaryl/α,β-unsaturated/α-hetero) is 1. The molecule has 28 heavy (non-hydrogen) atoms.